The average molecular weight is 375 g/mol. The lowest BCUT2D eigenvalue weighted by Crippen LogP contribution is -2.49. The van der Waals surface area contributed by atoms with Crippen LogP contribution in [0.2, 0.25) is 0 Å². The van der Waals surface area contributed by atoms with Crippen molar-refractivity contribution < 1.29 is 12.9 Å². The minimum atomic E-state index is -3.60. The molecule has 26 heavy (non-hydrogen) atoms. The van der Waals surface area contributed by atoms with Crippen LogP contribution in [0.1, 0.15) is 17.0 Å². The van der Waals surface area contributed by atoms with Crippen molar-refractivity contribution in [2.75, 3.05) is 31.1 Å². The SMILES string of the molecule is Cc1ccc2nc(N3CCN(S(=O)(=O)c4c(C)noc4C)CC3)[nH]c2c1. The van der Waals surface area contributed by atoms with E-state index in [2.05, 4.69) is 26.1 Å². The van der Waals surface area contributed by atoms with Crippen molar-refractivity contribution in [3.8, 4) is 0 Å². The molecule has 1 saturated heterocycles. The maximum absolute atomic E-state index is 12.9. The van der Waals surface area contributed by atoms with Crippen LogP contribution in [0.5, 0.6) is 0 Å². The van der Waals surface area contributed by atoms with Crippen LogP contribution >= 0.6 is 0 Å². The number of nitrogens with one attached hydrogen (secondary N) is 1. The van der Waals surface area contributed by atoms with Crippen LogP contribution in [0, 0.1) is 20.8 Å². The van der Waals surface area contributed by atoms with Crippen LogP contribution in [0.15, 0.2) is 27.6 Å². The van der Waals surface area contributed by atoms with E-state index in [-0.39, 0.29) is 4.90 Å². The van der Waals surface area contributed by atoms with Gasteiger partial charge in [0, 0.05) is 26.2 Å². The summed E-state index contributed by atoms with van der Waals surface area (Å²) >= 11 is 0. The highest BCUT2D eigenvalue weighted by Crippen LogP contribution is 2.25. The van der Waals surface area contributed by atoms with Crippen molar-refractivity contribution in [1.82, 2.24) is 19.4 Å². The number of imidazole rings is 1. The Morgan fingerprint density at radius 2 is 1.85 bits per heavy atom. The normalized spacial score (nSPS) is 16.5. The van der Waals surface area contributed by atoms with Crippen LogP contribution in [-0.2, 0) is 10.0 Å². The monoisotopic (exact) mass is 375 g/mol. The van der Waals surface area contributed by atoms with Crippen molar-refractivity contribution in [1.29, 1.82) is 0 Å². The molecular formula is C17H21N5O3S. The molecule has 0 atom stereocenters. The lowest BCUT2D eigenvalue weighted by atomic mass is 10.2. The molecule has 9 heteroatoms. The molecule has 2 aromatic heterocycles. The van der Waals surface area contributed by atoms with E-state index in [4.69, 9.17) is 4.52 Å². The van der Waals surface area contributed by atoms with Crippen molar-refractivity contribution in [3.05, 3.63) is 35.2 Å². The molecule has 1 aliphatic rings. The highest BCUT2D eigenvalue weighted by atomic mass is 32.2. The zero-order chi connectivity index (χ0) is 18.5. The molecule has 1 aromatic carbocycles. The minimum Gasteiger partial charge on any atom is -0.360 e. The van der Waals surface area contributed by atoms with Gasteiger partial charge in [0.25, 0.3) is 0 Å². The number of rotatable bonds is 3. The van der Waals surface area contributed by atoms with Crippen molar-refractivity contribution >= 4 is 27.0 Å². The predicted molar refractivity (Wildman–Crippen MR) is 97.8 cm³/mol. The van der Waals surface area contributed by atoms with E-state index in [0.717, 1.165) is 17.0 Å². The van der Waals surface area contributed by atoms with E-state index in [1.807, 2.05) is 19.1 Å². The van der Waals surface area contributed by atoms with Gasteiger partial charge in [0.1, 0.15) is 10.6 Å². The van der Waals surface area contributed by atoms with Gasteiger partial charge >= 0.3 is 0 Å². The first kappa shape index (κ1) is 17.0. The summed E-state index contributed by atoms with van der Waals surface area (Å²) in [6.07, 6.45) is 0. The molecule has 0 aliphatic carbocycles. The number of aromatic amines is 1. The smallest absolute Gasteiger partial charge is 0.248 e. The lowest BCUT2D eigenvalue weighted by molar-refractivity contribution is 0.377. The summed E-state index contributed by atoms with van der Waals surface area (Å²) in [6.45, 7) is 7.24. The summed E-state index contributed by atoms with van der Waals surface area (Å²) in [5.41, 5.74) is 3.47. The molecule has 8 nitrogen and oxygen atoms in total. The Labute approximate surface area is 151 Å². The maximum atomic E-state index is 12.9. The fourth-order valence-electron chi connectivity index (χ4n) is 3.37. The molecule has 0 saturated carbocycles. The Morgan fingerprint density at radius 1 is 1.12 bits per heavy atom. The fraction of sp³-hybridized carbons (Fsp3) is 0.412. The molecule has 0 radical (unpaired) electrons. The number of aryl methyl sites for hydroxylation is 3. The summed E-state index contributed by atoms with van der Waals surface area (Å²) < 4.78 is 32.3. The largest absolute Gasteiger partial charge is 0.360 e. The van der Waals surface area contributed by atoms with Gasteiger partial charge in [-0.2, -0.15) is 4.31 Å². The number of H-pyrrole nitrogens is 1. The molecular weight excluding hydrogens is 354 g/mol. The number of sulfonamides is 1. The van der Waals surface area contributed by atoms with Crippen LogP contribution < -0.4 is 4.90 Å². The Kier molecular flexibility index (Phi) is 4.00. The minimum absolute atomic E-state index is 0.185. The van der Waals surface area contributed by atoms with E-state index in [1.165, 1.54) is 9.87 Å². The Bertz CT molecular complexity index is 1040. The molecule has 0 unspecified atom stereocenters. The first-order chi connectivity index (χ1) is 12.4. The van der Waals surface area contributed by atoms with E-state index in [9.17, 15) is 8.42 Å². The number of benzene rings is 1. The van der Waals surface area contributed by atoms with Gasteiger partial charge in [-0.05, 0) is 38.5 Å². The number of nitrogens with zero attached hydrogens (tertiary/aromatic N) is 4. The van der Waals surface area contributed by atoms with Gasteiger partial charge in [0.2, 0.25) is 16.0 Å². The number of aromatic nitrogens is 3. The second-order valence-corrected chi connectivity index (χ2v) is 8.50. The molecule has 3 heterocycles. The fourth-order valence-corrected chi connectivity index (χ4v) is 5.09. The molecule has 0 spiro atoms. The molecule has 138 valence electrons. The number of hydrogen-bond acceptors (Lipinski definition) is 6. The molecule has 1 fully saturated rings. The van der Waals surface area contributed by atoms with Gasteiger partial charge in [0.15, 0.2) is 5.76 Å². The molecule has 3 aromatic rings. The van der Waals surface area contributed by atoms with E-state index >= 15 is 0 Å². The molecule has 4 rings (SSSR count). The maximum Gasteiger partial charge on any atom is 0.248 e. The Hall–Kier alpha value is -2.39. The van der Waals surface area contributed by atoms with E-state index < -0.39 is 10.0 Å². The zero-order valence-electron chi connectivity index (χ0n) is 15.0. The predicted octanol–water partition coefficient (Wildman–Crippen LogP) is 1.99. The number of anilines is 1. The standard InChI is InChI=1S/C17H21N5O3S/c1-11-4-5-14-15(10-11)19-17(18-14)21-6-8-22(9-7-21)26(23,24)16-12(2)20-25-13(16)3/h4-5,10H,6-9H2,1-3H3,(H,18,19). The number of hydrogen-bond donors (Lipinski definition) is 1. The topological polar surface area (TPSA) is 95.3 Å². The van der Waals surface area contributed by atoms with Gasteiger partial charge in [-0.25, -0.2) is 13.4 Å². The van der Waals surface area contributed by atoms with Gasteiger partial charge in [-0.15, -0.1) is 0 Å². The van der Waals surface area contributed by atoms with E-state index in [1.54, 1.807) is 13.8 Å². The number of fused-ring (bicyclic) bond motifs is 1. The highest BCUT2D eigenvalue weighted by Gasteiger charge is 2.33. The summed E-state index contributed by atoms with van der Waals surface area (Å²) in [5, 5.41) is 3.76. The lowest BCUT2D eigenvalue weighted by Gasteiger charge is -2.33. The summed E-state index contributed by atoms with van der Waals surface area (Å²) in [4.78, 5) is 10.2. The van der Waals surface area contributed by atoms with Crippen molar-refractivity contribution in [2.45, 2.75) is 25.7 Å². The van der Waals surface area contributed by atoms with Crippen LogP contribution in [0.3, 0.4) is 0 Å². The molecule has 1 aliphatic heterocycles. The summed E-state index contributed by atoms with van der Waals surface area (Å²) in [7, 11) is -3.60. The quantitative estimate of drug-likeness (QED) is 0.752. The van der Waals surface area contributed by atoms with Crippen LogP contribution in [0.25, 0.3) is 11.0 Å². The first-order valence-corrected chi connectivity index (χ1v) is 9.94. The van der Waals surface area contributed by atoms with Gasteiger partial charge in [-0.1, -0.05) is 11.2 Å². The van der Waals surface area contributed by atoms with Crippen LogP contribution in [0.4, 0.5) is 5.95 Å². The first-order valence-electron chi connectivity index (χ1n) is 8.50. The molecule has 1 N–H and O–H groups in total. The zero-order valence-corrected chi connectivity index (χ0v) is 15.8. The second-order valence-electron chi connectivity index (χ2n) is 6.63. The Balaban J connectivity index is 1.53. The van der Waals surface area contributed by atoms with Gasteiger partial charge < -0.3 is 14.4 Å². The average Bonchev–Trinajstić information content (AvgIpc) is 3.18. The molecule has 0 amide bonds. The van der Waals surface area contributed by atoms with Gasteiger partial charge in [-0.3, -0.25) is 0 Å². The Morgan fingerprint density at radius 3 is 2.50 bits per heavy atom. The van der Waals surface area contributed by atoms with E-state index in [0.29, 0.717) is 37.6 Å². The third kappa shape index (κ3) is 2.77. The third-order valence-corrected chi connectivity index (χ3v) is 6.87. The highest BCUT2D eigenvalue weighted by molar-refractivity contribution is 7.89. The van der Waals surface area contributed by atoms with Gasteiger partial charge in [0.05, 0.1) is 11.0 Å². The summed E-state index contributed by atoms with van der Waals surface area (Å²) in [6, 6.07) is 6.08. The molecule has 0 bridgehead atoms. The summed E-state index contributed by atoms with van der Waals surface area (Å²) in [5.74, 6) is 1.11. The third-order valence-electron chi connectivity index (χ3n) is 4.73. The van der Waals surface area contributed by atoms with Crippen molar-refractivity contribution in [3.63, 3.8) is 0 Å². The number of piperazine rings is 1. The second kappa shape index (κ2) is 6.10. The van der Waals surface area contributed by atoms with Crippen molar-refractivity contribution in [2.24, 2.45) is 0 Å². The van der Waals surface area contributed by atoms with Crippen LogP contribution in [-0.4, -0.2) is 54.0 Å².